The van der Waals surface area contributed by atoms with Crippen molar-refractivity contribution >= 4 is 11.9 Å². The Labute approximate surface area is 187 Å². The first kappa shape index (κ1) is 22.0. The van der Waals surface area contributed by atoms with Crippen LogP contribution in [-0.2, 0) is 16.1 Å². The number of hydrogen-bond acceptors (Lipinski definition) is 5. The highest BCUT2D eigenvalue weighted by atomic mass is 19.1. The number of aliphatic imine (C=N–C) groups is 1. The Bertz CT molecular complexity index is 939. The third-order valence-corrected chi connectivity index (χ3v) is 5.59. The van der Waals surface area contributed by atoms with Gasteiger partial charge in [0.1, 0.15) is 17.7 Å². The van der Waals surface area contributed by atoms with Crippen LogP contribution in [-0.4, -0.2) is 72.6 Å². The van der Waals surface area contributed by atoms with Gasteiger partial charge >= 0.3 is 0 Å². The van der Waals surface area contributed by atoms with Crippen LogP contribution in [0.15, 0.2) is 47.6 Å². The monoisotopic (exact) mass is 441 g/mol. The summed E-state index contributed by atoms with van der Waals surface area (Å²) >= 11 is 0. The fraction of sp³-hybridized carbons (Fsp3) is 0.435. The van der Waals surface area contributed by atoms with Crippen molar-refractivity contribution in [2.45, 2.75) is 25.5 Å². The van der Waals surface area contributed by atoms with Crippen molar-refractivity contribution < 1.29 is 18.7 Å². The second kappa shape index (κ2) is 10.4. The van der Waals surface area contributed by atoms with Crippen molar-refractivity contribution in [2.75, 3.05) is 39.8 Å². The van der Waals surface area contributed by atoms with Crippen LogP contribution < -0.4 is 10.1 Å². The molecule has 2 aliphatic rings. The standard InChI is InChI=1S/C23H28FN5O3/c1-25-23(29-12-10-28(11-13-29)22(30)20-3-2-14-31-20)27-16-17-8-9-26-21(15-17)32-19-6-4-18(24)5-7-19/h4-9,15,20H,2-3,10-14,16H2,1H3,(H,25,27). The van der Waals surface area contributed by atoms with Crippen LogP contribution in [0.5, 0.6) is 11.6 Å². The van der Waals surface area contributed by atoms with Gasteiger partial charge in [0, 0.05) is 58.6 Å². The largest absolute Gasteiger partial charge is 0.439 e. The summed E-state index contributed by atoms with van der Waals surface area (Å²) in [5, 5.41) is 3.37. The number of pyridine rings is 1. The van der Waals surface area contributed by atoms with Crippen molar-refractivity contribution in [3.05, 3.63) is 54.0 Å². The number of guanidine groups is 1. The lowest BCUT2D eigenvalue weighted by Gasteiger charge is -2.37. The molecule has 2 saturated heterocycles. The van der Waals surface area contributed by atoms with Gasteiger partial charge in [0.2, 0.25) is 5.88 Å². The van der Waals surface area contributed by atoms with Crippen LogP contribution in [0.4, 0.5) is 4.39 Å². The predicted octanol–water partition coefficient (Wildman–Crippen LogP) is 2.41. The molecule has 3 heterocycles. The number of halogens is 1. The van der Waals surface area contributed by atoms with Gasteiger partial charge in [-0.15, -0.1) is 0 Å². The van der Waals surface area contributed by atoms with E-state index in [1.165, 1.54) is 12.1 Å². The number of carbonyl (C=O) groups excluding carboxylic acids is 1. The third-order valence-electron chi connectivity index (χ3n) is 5.59. The van der Waals surface area contributed by atoms with E-state index in [1.54, 1.807) is 25.4 Å². The minimum absolute atomic E-state index is 0.107. The Hall–Kier alpha value is -3.20. The van der Waals surface area contributed by atoms with Crippen molar-refractivity contribution in [3.63, 3.8) is 0 Å². The fourth-order valence-electron chi connectivity index (χ4n) is 3.87. The zero-order valence-electron chi connectivity index (χ0n) is 18.2. The quantitative estimate of drug-likeness (QED) is 0.567. The Morgan fingerprint density at radius 2 is 1.97 bits per heavy atom. The van der Waals surface area contributed by atoms with E-state index in [0.717, 1.165) is 24.4 Å². The van der Waals surface area contributed by atoms with Gasteiger partial charge in [0.05, 0.1) is 0 Å². The first-order valence-corrected chi connectivity index (χ1v) is 10.9. The van der Waals surface area contributed by atoms with E-state index >= 15 is 0 Å². The second-order valence-corrected chi connectivity index (χ2v) is 7.77. The van der Waals surface area contributed by atoms with E-state index in [2.05, 4.69) is 20.2 Å². The number of hydrogen-bond donors (Lipinski definition) is 1. The van der Waals surface area contributed by atoms with E-state index in [9.17, 15) is 9.18 Å². The highest BCUT2D eigenvalue weighted by Crippen LogP contribution is 2.20. The van der Waals surface area contributed by atoms with Crippen LogP contribution >= 0.6 is 0 Å². The van der Waals surface area contributed by atoms with Gasteiger partial charge in [-0.05, 0) is 48.7 Å². The molecule has 2 aliphatic heterocycles. The Morgan fingerprint density at radius 3 is 2.66 bits per heavy atom. The molecule has 170 valence electrons. The van der Waals surface area contributed by atoms with Gasteiger partial charge in [-0.25, -0.2) is 9.37 Å². The second-order valence-electron chi connectivity index (χ2n) is 7.77. The van der Waals surface area contributed by atoms with Crippen LogP contribution in [0.1, 0.15) is 18.4 Å². The summed E-state index contributed by atoms with van der Waals surface area (Å²) < 4.78 is 24.3. The van der Waals surface area contributed by atoms with E-state index < -0.39 is 0 Å². The molecule has 0 bridgehead atoms. The van der Waals surface area contributed by atoms with E-state index in [-0.39, 0.29) is 17.8 Å². The van der Waals surface area contributed by atoms with Crippen molar-refractivity contribution in [3.8, 4) is 11.6 Å². The molecule has 1 aromatic heterocycles. The number of nitrogens with one attached hydrogen (secondary N) is 1. The number of carbonyl (C=O) groups is 1. The molecular formula is C23H28FN5O3. The molecule has 0 saturated carbocycles. The minimum Gasteiger partial charge on any atom is -0.439 e. The van der Waals surface area contributed by atoms with Gasteiger partial charge in [0.15, 0.2) is 5.96 Å². The number of benzene rings is 1. The average Bonchev–Trinajstić information content (AvgIpc) is 3.36. The van der Waals surface area contributed by atoms with Gasteiger partial charge in [-0.3, -0.25) is 9.79 Å². The average molecular weight is 442 g/mol. The van der Waals surface area contributed by atoms with Crippen LogP contribution in [0, 0.1) is 5.82 Å². The summed E-state index contributed by atoms with van der Waals surface area (Å²) in [4.78, 5) is 25.2. The maximum absolute atomic E-state index is 13.1. The van der Waals surface area contributed by atoms with E-state index in [4.69, 9.17) is 9.47 Å². The summed E-state index contributed by atoms with van der Waals surface area (Å²) in [6.45, 7) is 3.97. The number of aromatic nitrogens is 1. The highest BCUT2D eigenvalue weighted by molar-refractivity contribution is 5.82. The zero-order valence-corrected chi connectivity index (χ0v) is 18.2. The molecule has 1 atom stereocenters. The molecule has 1 N–H and O–H groups in total. The Morgan fingerprint density at radius 1 is 1.22 bits per heavy atom. The van der Waals surface area contributed by atoms with Gasteiger partial charge in [-0.1, -0.05) is 0 Å². The maximum atomic E-state index is 13.1. The minimum atomic E-state index is -0.313. The summed E-state index contributed by atoms with van der Waals surface area (Å²) in [6, 6.07) is 9.55. The molecule has 9 heteroatoms. The van der Waals surface area contributed by atoms with Crippen LogP contribution in [0.2, 0.25) is 0 Å². The van der Waals surface area contributed by atoms with Gasteiger partial charge in [-0.2, -0.15) is 0 Å². The number of nitrogens with zero attached hydrogens (tertiary/aromatic N) is 4. The lowest BCUT2D eigenvalue weighted by atomic mass is 10.2. The fourth-order valence-corrected chi connectivity index (χ4v) is 3.87. The molecule has 0 aliphatic carbocycles. The first-order chi connectivity index (χ1) is 15.6. The summed E-state index contributed by atoms with van der Waals surface area (Å²) in [5.74, 6) is 1.54. The van der Waals surface area contributed by atoms with E-state index in [1.807, 2.05) is 17.0 Å². The molecule has 4 rings (SSSR count). The number of amides is 1. The summed E-state index contributed by atoms with van der Waals surface area (Å²) in [7, 11) is 1.75. The molecule has 2 aromatic rings. The van der Waals surface area contributed by atoms with Gasteiger partial charge < -0.3 is 24.6 Å². The molecule has 0 spiro atoms. The first-order valence-electron chi connectivity index (χ1n) is 10.9. The lowest BCUT2D eigenvalue weighted by Crippen LogP contribution is -2.55. The lowest BCUT2D eigenvalue weighted by molar-refractivity contribution is -0.142. The number of rotatable bonds is 5. The smallest absolute Gasteiger partial charge is 0.251 e. The summed E-state index contributed by atoms with van der Waals surface area (Å²) in [5.41, 5.74) is 0.977. The SMILES string of the molecule is CN=C(NCc1ccnc(Oc2ccc(F)cc2)c1)N1CCN(C(=O)C2CCCO2)CC1. The Kier molecular flexibility index (Phi) is 7.16. The molecule has 2 fully saturated rings. The summed E-state index contributed by atoms with van der Waals surface area (Å²) in [6.07, 6.45) is 3.19. The topological polar surface area (TPSA) is 79.3 Å². The van der Waals surface area contributed by atoms with Crippen molar-refractivity contribution in [1.29, 1.82) is 0 Å². The molecule has 1 unspecified atom stereocenters. The normalized spacial score (nSPS) is 19.2. The van der Waals surface area contributed by atoms with Gasteiger partial charge in [0.25, 0.3) is 5.91 Å². The van der Waals surface area contributed by atoms with Crippen LogP contribution in [0.25, 0.3) is 0 Å². The third kappa shape index (κ3) is 5.53. The van der Waals surface area contributed by atoms with Crippen molar-refractivity contribution in [1.82, 2.24) is 20.1 Å². The van der Waals surface area contributed by atoms with Crippen LogP contribution in [0.3, 0.4) is 0 Å². The molecule has 8 nitrogen and oxygen atoms in total. The zero-order chi connectivity index (χ0) is 22.3. The molecule has 1 amide bonds. The molecule has 0 radical (unpaired) electrons. The van der Waals surface area contributed by atoms with Crippen molar-refractivity contribution in [2.24, 2.45) is 4.99 Å². The molecule has 1 aromatic carbocycles. The molecular weight excluding hydrogens is 413 g/mol. The number of ether oxygens (including phenoxy) is 2. The number of piperazine rings is 1. The predicted molar refractivity (Wildman–Crippen MR) is 118 cm³/mol. The highest BCUT2D eigenvalue weighted by Gasteiger charge is 2.30. The molecule has 32 heavy (non-hydrogen) atoms. The van der Waals surface area contributed by atoms with E-state index in [0.29, 0.717) is 51.0 Å². The Balaban J connectivity index is 1.28. The maximum Gasteiger partial charge on any atom is 0.251 e.